The van der Waals surface area contributed by atoms with Gasteiger partial charge in [-0.1, -0.05) is 31.0 Å². The van der Waals surface area contributed by atoms with Gasteiger partial charge in [0.15, 0.2) is 0 Å². The standard InChI is InChI=1S/C24H30N4O3/c1-18(29)26-20-7-6-8-21(17-20)27-24(31)23(30)25-14-13-19-9-11-22(12-10-19)28-15-4-2-3-5-16-28/h6-12,17H,2-5,13-16H2,1H3,(H,25,30)(H,26,29)(H,27,31). The molecule has 1 fully saturated rings. The summed E-state index contributed by atoms with van der Waals surface area (Å²) < 4.78 is 0. The molecule has 7 nitrogen and oxygen atoms in total. The molecule has 1 saturated heterocycles. The van der Waals surface area contributed by atoms with Crippen molar-refractivity contribution in [1.29, 1.82) is 0 Å². The van der Waals surface area contributed by atoms with E-state index in [0.717, 1.165) is 18.7 Å². The van der Waals surface area contributed by atoms with Gasteiger partial charge in [-0.2, -0.15) is 0 Å². The zero-order valence-electron chi connectivity index (χ0n) is 17.9. The monoisotopic (exact) mass is 422 g/mol. The molecule has 0 atom stereocenters. The fourth-order valence-corrected chi connectivity index (χ4v) is 3.67. The van der Waals surface area contributed by atoms with Crippen LogP contribution in [-0.4, -0.2) is 37.4 Å². The number of benzene rings is 2. The summed E-state index contributed by atoms with van der Waals surface area (Å²) in [5.74, 6) is -1.64. The second-order valence-electron chi connectivity index (χ2n) is 7.79. The van der Waals surface area contributed by atoms with E-state index in [4.69, 9.17) is 0 Å². The number of hydrogen-bond acceptors (Lipinski definition) is 4. The van der Waals surface area contributed by atoms with Crippen LogP contribution >= 0.6 is 0 Å². The Hall–Kier alpha value is -3.35. The number of hydrogen-bond donors (Lipinski definition) is 3. The van der Waals surface area contributed by atoms with Crippen LogP contribution in [0.2, 0.25) is 0 Å². The average molecular weight is 423 g/mol. The molecule has 0 saturated carbocycles. The molecule has 1 aliphatic heterocycles. The minimum atomic E-state index is -0.739. The normalized spacial score (nSPS) is 13.8. The molecular weight excluding hydrogens is 392 g/mol. The van der Waals surface area contributed by atoms with E-state index in [9.17, 15) is 14.4 Å². The van der Waals surface area contributed by atoms with E-state index in [1.54, 1.807) is 24.3 Å². The first kappa shape index (κ1) is 22.3. The third-order valence-corrected chi connectivity index (χ3v) is 5.25. The number of nitrogens with one attached hydrogen (secondary N) is 3. The summed E-state index contributed by atoms with van der Waals surface area (Å²) in [6, 6.07) is 15.1. The highest BCUT2D eigenvalue weighted by molar-refractivity contribution is 6.39. The van der Waals surface area contributed by atoms with Crippen LogP contribution in [0.3, 0.4) is 0 Å². The average Bonchev–Trinajstić information content (AvgIpc) is 3.03. The fraction of sp³-hybridized carbons (Fsp3) is 0.375. The summed E-state index contributed by atoms with van der Waals surface area (Å²) in [6.07, 6.45) is 5.75. The Morgan fingerprint density at radius 2 is 1.48 bits per heavy atom. The number of anilines is 3. The van der Waals surface area contributed by atoms with Gasteiger partial charge in [-0.3, -0.25) is 14.4 Å². The fourth-order valence-electron chi connectivity index (χ4n) is 3.67. The zero-order valence-corrected chi connectivity index (χ0v) is 17.9. The molecule has 31 heavy (non-hydrogen) atoms. The summed E-state index contributed by atoms with van der Waals surface area (Å²) in [5, 5.41) is 7.83. The van der Waals surface area contributed by atoms with Crippen molar-refractivity contribution in [2.24, 2.45) is 0 Å². The SMILES string of the molecule is CC(=O)Nc1cccc(NC(=O)C(=O)NCCc2ccc(N3CCCCCC3)cc2)c1. The molecule has 2 aromatic rings. The van der Waals surface area contributed by atoms with Gasteiger partial charge in [-0.05, 0) is 55.2 Å². The first-order valence-electron chi connectivity index (χ1n) is 10.8. The summed E-state index contributed by atoms with van der Waals surface area (Å²) in [7, 11) is 0. The van der Waals surface area contributed by atoms with E-state index < -0.39 is 11.8 Å². The van der Waals surface area contributed by atoms with Gasteiger partial charge in [0.1, 0.15) is 0 Å². The maximum atomic E-state index is 12.1. The highest BCUT2D eigenvalue weighted by Crippen LogP contribution is 2.20. The van der Waals surface area contributed by atoms with E-state index in [1.165, 1.54) is 38.3 Å². The smallest absolute Gasteiger partial charge is 0.313 e. The van der Waals surface area contributed by atoms with E-state index in [2.05, 4.69) is 45.1 Å². The Labute approximate surface area is 183 Å². The topological polar surface area (TPSA) is 90.5 Å². The molecule has 0 aliphatic carbocycles. The lowest BCUT2D eigenvalue weighted by atomic mass is 10.1. The van der Waals surface area contributed by atoms with Crippen LogP contribution < -0.4 is 20.9 Å². The van der Waals surface area contributed by atoms with E-state index in [0.29, 0.717) is 24.3 Å². The molecule has 2 aromatic carbocycles. The molecule has 3 rings (SSSR count). The molecular formula is C24H30N4O3. The van der Waals surface area contributed by atoms with E-state index >= 15 is 0 Å². The predicted molar refractivity (Wildman–Crippen MR) is 123 cm³/mol. The van der Waals surface area contributed by atoms with Crippen LogP contribution in [0.25, 0.3) is 0 Å². The van der Waals surface area contributed by atoms with Gasteiger partial charge in [-0.15, -0.1) is 0 Å². The Morgan fingerprint density at radius 1 is 0.839 bits per heavy atom. The second kappa shape index (κ2) is 11.2. The Kier molecular flexibility index (Phi) is 8.04. The largest absolute Gasteiger partial charge is 0.372 e. The lowest BCUT2D eigenvalue weighted by Gasteiger charge is -2.22. The van der Waals surface area contributed by atoms with Crippen molar-refractivity contribution in [2.45, 2.75) is 39.0 Å². The highest BCUT2D eigenvalue weighted by atomic mass is 16.2. The van der Waals surface area contributed by atoms with Crippen molar-refractivity contribution in [3.63, 3.8) is 0 Å². The molecule has 0 spiro atoms. The van der Waals surface area contributed by atoms with Crippen LogP contribution in [0, 0.1) is 0 Å². The van der Waals surface area contributed by atoms with Crippen molar-refractivity contribution < 1.29 is 14.4 Å². The molecule has 0 aromatic heterocycles. The van der Waals surface area contributed by atoms with Crippen molar-refractivity contribution in [1.82, 2.24) is 5.32 Å². The van der Waals surface area contributed by atoms with Crippen molar-refractivity contribution in [3.05, 3.63) is 54.1 Å². The van der Waals surface area contributed by atoms with Gasteiger partial charge in [0.25, 0.3) is 0 Å². The zero-order chi connectivity index (χ0) is 22.1. The molecule has 0 radical (unpaired) electrons. The second-order valence-corrected chi connectivity index (χ2v) is 7.79. The highest BCUT2D eigenvalue weighted by Gasteiger charge is 2.14. The van der Waals surface area contributed by atoms with Crippen molar-refractivity contribution in [2.75, 3.05) is 35.2 Å². The number of amides is 3. The van der Waals surface area contributed by atoms with Gasteiger partial charge < -0.3 is 20.9 Å². The van der Waals surface area contributed by atoms with E-state index in [-0.39, 0.29) is 5.91 Å². The number of nitrogens with zero attached hydrogens (tertiary/aromatic N) is 1. The van der Waals surface area contributed by atoms with Gasteiger partial charge in [0.2, 0.25) is 5.91 Å². The minimum absolute atomic E-state index is 0.208. The summed E-state index contributed by atoms with van der Waals surface area (Å²) in [5.41, 5.74) is 3.35. The predicted octanol–water partition coefficient (Wildman–Crippen LogP) is 3.32. The number of rotatable bonds is 6. The quantitative estimate of drug-likeness (QED) is 0.623. The van der Waals surface area contributed by atoms with Gasteiger partial charge in [0.05, 0.1) is 0 Å². The first-order valence-corrected chi connectivity index (χ1v) is 10.8. The number of carbonyl (C=O) groups is 3. The van der Waals surface area contributed by atoms with Crippen molar-refractivity contribution >= 4 is 34.8 Å². The molecule has 1 heterocycles. The molecule has 0 unspecified atom stereocenters. The summed E-state index contributed by atoms with van der Waals surface area (Å²) >= 11 is 0. The Balaban J connectivity index is 1.44. The van der Waals surface area contributed by atoms with E-state index in [1.807, 2.05) is 0 Å². The van der Waals surface area contributed by atoms with Crippen LogP contribution in [0.4, 0.5) is 17.1 Å². The molecule has 1 aliphatic rings. The third kappa shape index (κ3) is 7.13. The molecule has 164 valence electrons. The third-order valence-electron chi connectivity index (χ3n) is 5.25. The van der Waals surface area contributed by atoms with Gasteiger partial charge >= 0.3 is 11.8 Å². The molecule has 3 amide bonds. The van der Waals surface area contributed by atoms with Gasteiger partial charge in [-0.25, -0.2) is 0 Å². The maximum Gasteiger partial charge on any atom is 0.313 e. The van der Waals surface area contributed by atoms with Crippen molar-refractivity contribution in [3.8, 4) is 0 Å². The van der Waals surface area contributed by atoms with Crippen LogP contribution in [0.15, 0.2) is 48.5 Å². The molecule has 3 N–H and O–H groups in total. The van der Waals surface area contributed by atoms with Crippen LogP contribution in [-0.2, 0) is 20.8 Å². The minimum Gasteiger partial charge on any atom is -0.372 e. The number of carbonyl (C=O) groups excluding carboxylic acids is 3. The molecule has 7 heteroatoms. The lowest BCUT2D eigenvalue weighted by Crippen LogP contribution is -2.36. The summed E-state index contributed by atoms with van der Waals surface area (Å²) in [6.45, 7) is 4.00. The van der Waals surface area contributed by atoms with Gasteiger partial charge in [0, 0.05) is 43.6 Å². The Morgan fingerprint density at radius 3 is 2.13 bits per heavy atom. The first-order chi connectivity index (χ1) is 15.0. The lowest BCUT2D eigenvalue weighted by molar-refractivity contribution is -0.136. The van der Waals surface area contributed by atoms with Crippen LogP contribution in [0.5, 0.6) is 0 Å². The Bertz CT molecular complexity index is 903. The summed E-state index contributed by atoms with van der Waals surface area (Å²) in [4.78, 5) is 37.8. The molecule has 0 bridgehead atoms. The van der Waals surface area contributed by atoms with Crippen LogP contribution in [0.1, 0.15) is 38.2 Å². The maximum absolute atomic E-state index is 12.1.